The minimum absolute atomic E-state index is 0.123. The Bertz CT molecular complexity index is 498. The van der Waals surface area contributed by atoms with E-state index >= 15 is 0 Å². The summed E-state index contributed by atoms with van der Waals surface area (Å²) >= 11 is 0. The van der Waals surface area contributed by atoms with Crippen LogP contribution in [0.4, 0.5) is 0 Å². The molecule has 1 heterocycles. The Morgan fingerprint density at radius 3 is 2.50 bits per heavy atom. The van der Waals surface area contributed by atoms with E-state index in [1.54, 1.807) is 31.6 Å². The molecular formula is C12H23N3O2S. The molecule has 0 aliphatic carbocycles. The fourth-order valence-corrected chi connectivity index (χ4v) is 2.61. The molecule has 1 N–H and O–H groups in total. The van der Waals surface area contributed by atoms with Crippen LogP contribution in [0.1, 0.15) is 32.0 Å². The smallest absolute Gasteiger partial charge is 0.157 e. The molecule has 1 rings (SSSR count). The first-order valence-corrected chi connectivity index (χ1v) is 7.72. The Hall–Kier alpha value is -0.880. The average molecular weight is 273 g/mol. The first kappa shape index (κ1) is 15.2. The van der Waals surface area contributed by atoms with Crippen molar-refractivity contribution in [1.29, 1.82) is 0 Å². The summed E-state index contributed by atoms with van der Waals surface area (Å²) in [6.45, 7) is 8.30. The lowest BCUT2D eigenvalue weighted by Crippen LogP contribution is -2.32. The van der Waals surface area contributed by atoms with Gasteiger partial charge in [-0.1, -0.05) is 0 Å². The molecule has 104 valence electrons. The van der Waals surface area contributed by atoms with Crippen molar-refractivity contribution in [1.82, 2.24) is 15.1 Å². The van der Waals surface area contributed by atoms with Gasteiger partial charge in [-0.25, -0.2) is 8.42 Å². The third-order valence-electron chi connectivity index (χ3n) is 3.08. The summed E-state index contributed by atoms with van der Waals surface area (Å²) in [5, 5.41) is 7.29. The fourth-order valence-electron chi connectivity index (χ4n) is 1.59. The monoisotopic (exact) mass is 273 g/mol. The Morgan fingerprint density at radius 2 is 2.00 bits per heavy atom. The summed E-state index contributed by atoms with van der Waals surface area (Å²) in [5.41, 5.74) is 2.12. The molecule has 5 nitrogen and oxygen atoms in total. The van der Waals surface area contributed by atoms with Gasteiger partial charge in [-0.05, 0) is 34.7 Å². The van der Waals surface area contributed by atoms with Crippen molar-refractivity contribution in [3.63, 3.8) is 0 Å². The highest BCUT2D eigenvalue weighted by molar-refractivity contribution is 7.92. The second-order valence-electron chi connectivity index (χ2n) is 5.44. The quantitative estimate of drug-likeness (QED) is 0.873. The molecule has 18 heavy (non-hydrogen) atoms. The summed E-state index contributed by atoms with van der Waals surface area (Å²) in [7, 11) is -1.22. The second kappa shape index (κ2) is 5.40. The molecule has 0 aromatic carbocycles. The van der Waals surface area contributed by atoms with E-state index in [9.17, 15) is 8.42 Å². The molecule has 0 atom stereocenters. The van der Waals surface area contributed by atoms with Gasteiger partial charge in [0.15, 0.2) is 9.84 Å². The zero-order valence-corrected chi connectivity index (χ0v) is 12.6. The maximum atomic E-state index is 12.0. The van der Waals surface area contributed by atoms with Gasteiger partial charge in [0.2, 0.25) is 0 Å². The standard InChI is InChI=1S/C12H23N3O2S/c1-10-11(8-13-5)9-14-15(10)6-7-18(16,17)12(2,3)4/h9,13H,6-8H2,1-5H3. The molecule has 0 aliphatic rings. The van der Waals surface area contributed by atoms with Crippen LogP contribution in [-0.4, -0.2) is 35.7 Å². The maximum absolute atomic E-state index is 12.0. The largest absolute Gasteiger partial charge is 0.316 e. The third-order valence-corrected chi connectivity index (χ3v) is 5.66. The van der Waals surface area contributed by atoms with Gasteiger partial charge in [0.25, 0.3) is 0 Å². The number of aromatic nitrogens is 2. The molecule has 0 fully saturated rings. The van der Waals surface area contributed by atoms with E-state index in [4.69, 9.17) is 0 Å². The number of nitrogens with one attached hydrogen (secondary N) is 1. The molecule has 0 bridgehead atoms. The SMILES string of the molecule is CNCc1cnn(CCS(=O)(=O)C(C)(C)C)c1C. The summed E-state index contributed by atoms with van der Waals surface area (Å²) in [5.74, 6) is 0.123. The first-order valence-electron chi connectivity index (χ1n) is 6.07. The lowest BCUT2D eigenvalue weighted by atomic mass is 10.2. The summed E-state index contributed by atoms with van der Waals surface area (Å²) in [6, 6.07) is 0. The van der Waals surface area contributed by atoms with Crippen molar-refractivity contribution in [2.45, 2.75) is 45.5 Å². The molecular weight excluding hydrogens is 250 g/mol. The number of aryl methyl sites for hydroxylation is 1. The number of rotatable bonds is 5. The fraction of sp³-hybridized carbons (Fsp3) is 0.750. The Labute approximate surface area is 109 Å². The molecule has 0 saturated heterocycles. The van der Waals surface area contributed by atoms with Crippen LogP contribution < -0.4 is 5.32 Å². The molecule has 1 aromatic rings. The van der Waals surface area contributed by atoms with E-state index in [0.717, 1.165) is 17.8 Å². The van der Waals surface area contributed by atoms with Crippen LogP contribution in [0.15, 0.2) is 6.20 Å². The van der Waals surface area contributed by atoms with Crippen molar-refractivity contribution in [2.24, 2.45) is 0 Å². The van der Waals surface area contributed by atoms with E-state index in [2.05, 4.69) is 10.4 Å². The predicted octanol–water partition coefficient (Wildman–Crippen LogP) is 1.12. The first-order chi connectivity index (χ1) is 8.19. The van der Waals surface area contributed by atoms with E-state index in [-0.39, 0.29) is 5.75 Å². The van der Waals surface area contributed by atoms with Gasteiger partial charge in [-0.15, -0.1) is 0 Å². The molecule has 0 amide bonds. The molecule has 0 saturated carbocycles. The van der Waals surface area contributed by atoms with Gasteiger partial charge in [0.05, 0.1) is 23.2 Å². The van der Waals surface area contributed by atoms with Crippen molar-refractivity contribution < 1.29 is 8.42 Å². The topological polar surface area (TPSA) is 64.0 Å². The van der Waals surface area contributed by atoms with Gasteiger partial charge >= 0.3 is 0 Å². The summed E-state index contributed by atoms with van der Waals surface area (Å²) in [4.78, 5) is 0. The van der Waals surface area contributed by atoms with Crippen LogP contribution >= 0.6 is 0 Å². The van der Waals surface area contributed by atoms with Crippen molar-refractivity contribution in [2.75, 3.05) is 12.8 Å². The van der Waals surface area contributed by atoms with Crippen molar-refractivity contribution >= 4 is 9.84 Å². The van der Waals surface area contributed by atoms with E-state index in [1.165, 1.54) is 0 Å². The zero-order chi connectivity index (χ0) is 14.0. The van der Waals surface area contributed by atoms with Crippen LogP contribution in [0.5, 0.6) is 0 Å². The highest BCUT2D eigenvalue weighted by Crippen LogP contribution is 2.16. The molecule has 6 heteroatoms. The number of nitrogens with zero attached hydrogens (tertiary/aromatic N) is 2. The van der Waals surface area contributed by atoms with Crippen molar-refractivity contribution in [3.05, 3.63) is 17.5 Å². The number of hydrogen-bond donors (Lipinski definition) is 1. The summed E-state index contributed by atoms with van der Waals surface area (Å²) in [6.07, 6.45) is 1.79. The van der Waals surface area contributed by atoms with Gasteiger partial charge in [0.1, 0.15) is 0 Å². The molecule has 0 spiro atoms. The van der Waals surface area contributed by atoms with E-state index in [0.29, 0.717) is 6.54 Å². The second-order valence-corrected chi connectivity index (χ2v) is 8.30. The lowest BCUT2D eigenvalue weighted by Gasteiger charge is -2.19. The van der Waals surface area contributed by atoms with Crippen molar-refractivity contribution in [3.8, 4) is 0 Å². The third kappa shape index (κ3) is 3.32. The van der Waals surface area contributed by atoms with Crippen LogP contribution in [0.25, 0.3) is 0 Å². The lowest BCUT2D eigenvalue weighted by molar-refractivity contribution is 0.546. The van der Waals surface area contributed by atoms with Gasteiger partial charge < -0.3 is 5.32 Å². The van der Waals surface area contributed by atoms with Crippen LogP contribution in [0, 0.1) is 6.92 Å². The van der Waals surface area contributed by atoms with Gasteiger partial charge in [0, 0.05) is 17.8 Å². The van der Waals surface area contributed by atoms with Crippen LogP contribution in [0.2, 0.25) is 0 Å². The van der Waals surface area contributed by atoms with Gasteiger partial charge in [-0.2, -0.15) is 5.10 Å². The molecule has 0 radical (unpaired) electrons. The van der Waals surface area contributed by atoms with Crippen LogP contribution in [-0.2, 0) is 22.9 Å². The van der Waals surface area contributed by atoms with E-state index < -0.39 is 14.6 Å². The maximum Gasteiger partial charge on any atom is 0.157 e. The minimum Gasteiger partial charge on any atom is -0.316 e. The molecule has 0 aliphatic heterocycles. The predicted molar refractivity (Wildman–Crippen MR) is 73.3 cm³/mol. The average Bonchev–Trinajstić information content (AvgIpc) is 2.57. The molecule has 0 unspecified atom stereocenters. The number of sulfone groups is 1. The Morgan fingerprint density at radius 1 is 1.39 bits per heavy atom. The zero-order valence-electron chi connectivity index (χ0n) is 11.8. The summed E-state index contributed by atoms with van der Waals surface area (Å²) < 4.78 is 25.1. The Kier molecular flexibility index (Phi) is 4.55. The highest BCUT2D eigenvalue weighted by atomic mass is 32.2. The normalized spacial score (nSPS) is 12.9. The Balaban J connectivity index is 2.76. The van der Waals surface area contributed by atoms with Gasteiger partial charge in [-0.3, -0.25) is 4.68 Å². The van der Waals surface area contributed by atoms with Crippen LogP contribution in [0.3, 0.4) is 0 Å². The number of hydrogen-bond acceptors (Lipinski definition) is 4. The highest BCUT2D eigenvalue weighted by Gasteiger charge is 2.28. The molecule has 1 aromatic heterocycles. The van der Waals surface area contributed by atoms with E-state index in [1.807, 2.05) is 14.0 Å². The minimum atomic E-state index is -3.09.